The van der Waals surface area contributed by atoms with Crippen LogP contribution < -0.4 is 5.32 Å². The van der Waals surface area contributed by atoms with Gasteiger partial charge in [0.25, 0.3) is 0 Å². The van der Waals surface area contributed by atoms with Gasteiger partial charge in [0.15, 0.2) is 0 Å². The van der Waals surface area contributed by atoms with Crippen LogP contribution in [0.5, 0.6) is 0 Å². The Kier molecular flexibility index (Phi) is 6.21. The second-order valence-electron chi connectivity index (χ2n) is 5.08. The van der Waals surface area contributed by atoms with Crippen molar-refractivity contribution in [3.63, 3.8) is 0 Å². The summed E-state index contributed by atoms with van der Waals surface area (Å²) in [5.74, 6) is -0.0862. The van der Waals surface area contributed by atoms with Gasteiger partial charge >= 0.3 is 5.97 Å². The van der Waals surface area contributed by atoms with Crippen molar-refractivity contribution in [3.8, 4) is 0 Å². The Hall–Kier alpha value is -1.85. The fourth-order valence-corrected chi connectivity index (χ4v) is 2.06. The third-order valence-electron chi connectivity index (χ3n) is 3.14. The van der Waals surface area contributed by atoms with E-state index in [0.29, 0.717) is 25.7 Å². The molecule has 1 rings (SSSR count). The Morgan fingerprint density at radius 3 is 2.50 bits per heavy atom. The lowest BCUT2D eigenvalue weighted by molar-refractivity contribution is -0.137. The number of hydrogen-bond acceptors (Lipinski definition) is 4. The number of nitrogens with zero attached hydrogens (tertiary/aromatic N) is 1. The molecule has 2 N–H and O–H groups in total. The molecule has 0 radical (unpaired) electrons. The fraction of sp³-hybridized carbons (Fsp3) is 0.643. The first kappa shape index (κ1) is 16.2. The molecule has 6 heteroatoms. The number of nitrogens with one attached hydrogen (secondary N) is 1. The maximum Gasteiger partial charge on any atom is 0.303 e. The van der Waals surface area contributed by atoms with Crippen molar-refractivity contribution in [2.75, 3.05) is 0 Å². The van der Waals surface area contributed by atoms with Gasteiger partial charge in [0.05, 0.1) is 5.69 Å². The van der Waals surface area contributed by atoms with Crippen LogP contribution in [-0.2, 0) is 16.0 Å². The van der Waals surface area contributed by atoms with E-state index in [1.807, 2.05) is 20.8 Å². The van der Waals surface area contributed by atoms with Gasteiger partial charge < -0.3 is 14.9 Å². The molecule has 1 aromatic heterocycles. The maximum absolute atomic E-state index is 11.7. The topological polar surface area (TPSA) is 92.4 Å². The lowest BCUT2D eigenvalue weighted by Crippen LogP contribution is -2.34. The van der Waals surface area contributed by atoms with Gasteiger partial charge in [-0.05, 0) is 40.0 Å². The van der Waals surface area contributed by atoms with Crippen LogP contribution in [0, 0.1) is 13.8 Å². The highest BCUT2D eigenvalue weighted by molar-refractivity contribution is 5.76. The molecule has 1 atom stereocenters. The first-order valence-corrected chi connectivity index (χ1v) is 6.83. The van der Waals surface area contributed by atoms with Gasteiger partial charge in [0, 0.05) is 24.4 Å². The minimum absolute atomic E-state index is 0.00114. The number of aromatic nitrogens is 1. The highest BCUT2D eigenvalue weighted by Crippen LogP contribution is 2.14. The second kappa shape index (κ2) is 7.67. The standard InChI is InChI=1S/C14H22N2O4/c1-9(8-12-10(2)16-20-11(12)3)15-13(17)6-4-5-7-14(18)19/h9H,4-8H2,1-3H3,(H,15,17)(H,18,19). The fourth-order valence-electron chi connectivity index (χ4n) is 2.06. The molecule has 0 saturated heterocycles. The quantitative estimate of drug-likeness (QED) is 0.711. The van der Waals surface area contributed by atoms with Crippen molar-refractivity contribution >= 4 is 11.9 Å². The summed E-state index contributed by atoms with van der Waals surface area (Å²) < 4.78 is 5.08. The van der Waals surface area contributed by atoms with Gasteiger partial charge in [0.2, 0.25) is 5.91 Å². The van der Waals surface area contributed by atoms with Crippen LogP contribution in [0.2, 0.25) is 0 Å². The molecule has 112 valence electrons. The zero-order valence-corrected chi connectivity index (χ0v) is 12.2. The van der Waals surface area contributed by atoms with E-state index in [9.17, 15) is 9.59 Å². The summed E-state index contributed by atoms with van der Waals surface area (Å²) in [5, 5.41) is 15.3. The zero-order valence-electron chi connectivity index (χ0n) is 12.2. The Labute approximate surface area is 118 Å². The molecule has 0 saturated carbocycles. The van der Waals surface area contributed by atoms with Gasteiger partial charge in [-0.15, -0.1) is 0 Å². The maximum atomic E-state index is 11.7. The normalized spacial score (nSPS) is 12.2. The molecular weight excluding hydrogens is 260 g/mol. The Bertz CT molecular complexity index is 448. The number of carbonyl (C=O) groups is 2. The van der Waals surface area contributed by atoms with E-state index in [0.717, 1.165) is 17.0 Å². The van der Waals surface area contributed by atoms with Crippen LogP contribution in [0.4, 0.5) is 0 Å². The zero-order chi connectivity index (χ0) is 15.1. The minimum atomic E-state index is -0.822. The van der Waals surface area contributed by atoms with E-state index in [-0.39, 0.29) is 18.4 Å². The molecule has 0 spiro atoms. The lowest BCUT2D eigenvalue weighted by atomic mass is 10.1. The summed E-state index contributed by atoms with van der Waals surface area (Å²) in [6, 6.07) is -0.00114. The first-order valence-electron chi connectivity index (χ1n) is 6.83. The summed E-state index contributed by atoms with van der Waals surface area (Å²) in [6.45, 7) is 5.67. The number of rotatable bonds is 8. The van der Waals surface area contributed by atoms with Crippen molar-refractivity contribution in [1.29, 1.82) is 0 Å². The number of amides is 1. The average molecular weight is 282 g/mol. The molecule has 0 fully saturated rings. The highest BCUT2D eigenvalue weighted by atomic mass is 16.5. The summed E-state index contributed by atoms with van der Waals surface area (Å²) in [4.78, 5) is 22.0. The molecule has 0 aliphatic carbocycles. The molecule has 1 aromatic rings. The third-order valence-corrected chi connectivity index (χ3v) is 3.14. The SMILES string of the molecule is Cc1noc(C)c1CC(C)NC(=O)CCCCC(=O)O. The van der Waals surface area contributed by atoms with Gasteiger partial charge in [0.1, 0.15) is 5.76 Å². The van der Waals surface area contributed by atoms with Crippen molar-refractivity contribution in [1.82, 2.24) is 10.5 Å². The van der Waals surface area contributed by atoms with E-state index < -0.39 is 5.97 Å². The summed E-state index contributed by atoms with van der Waals surface area (Å²) in [6.07, 6.45) is 2.28. The number of aliphatic carboxylic acids is 1. The lowest BCUT2D eigenvalue weighted by Gasteiger charge is -2.13. The van der Waals surface area contributed by atoms with E-state index in [4.69, 9.17) is 9.63 Å². The predicted octanol–water partition coefficient (Wildman–Crippen LogP) is 1.98. The van der Waals surface area contributed by atoms with Crippen molar-refractivity contribution < 1.29 is 19.2 Å². The average Bonchev–Trinajstić information content (AvgIpc) is 2.66. The van der Waals surface area contributed by atoms with Crippen LogP contribution >= 0.6 is 0 Å². The van der Waals surface area contributed by atoms with Crippen molar-refractivity contribution in [2.45, 2.75) is 58.9 Å². The number of carbonyl (C=O) groups excluding carboxylic acids is 1. The van der Waals surface area contributed by atoms with E-state index >= 15 is 0 Å². The number of carboxylic acid groups (broad SMARTS) is 1. The minimum Gasteiger partial charge on any atom is -0.481 e. The van der Waals surface area contributed by atoms with Crippen LogP contribution in [0.25, 0.3) is 0 Å². The molecule has 1 heterocycles. The van der Waals surface area contributed by atoms with Crippen molar-refractivity contribution in [3.05, 3.63) is 17.0 Å². The van der Waals surface area contributed by atoms with Gasteiger partial charge in [-0.3, -0.25) is 9.59 Å². The van der Waals surface area contributed by atoms with Crippen molar-refractivity contribution in [2.24, 2.45) is 0 Å². The molecule has 20 heavy (non-hydrogen) atoms. The van der Waals surface area contributed by atoms with E-state index in [1.165, 1.54) is 0 Å². The molecule has 0 aliphatic rings. The van der Waals surface area contributed by atoms with Crippen LogP contribution in [0.3, 0.4) is 0 Å². The summed E-state index contributed by atoms with van der Waals surface area (Å²) >= 11 is 0. The largest absolute Gasteiger partial charge is 0.481 e. The van der Waals surface area contributed by atoms with Gasteiger partial charge in [-0.2, -0.15) is 0 Å². The first-order chi connectivity index (χ1) is 9.40. The number of hydrogen-bond donors (Lipinski definition) is 2. The molecular formula is C14H22N2O4. The number of carboxylic acids is 1. The number of aryl methyl sites for hydroxylation is 2. The molecule has 1 unspecified atom stereocenters. The second-order valence-corrected chi connectivity index (χ2v) is 5.08. The molecule has 1 amide bonds. The molecule has 6 nitrogen and oxygen atoms in total. The monoisotopic (exact) mass is 282 g/mol. The number of unbranched alkanes of at least 4 members (excludes halogenated alkanes) is 1. The Morgan fingerprint density at radius 2 is 1.95 bits per heavy atom. The smallest absolute Gasteiger partial charge is 0.303 e. The molecule has 0 aliphatic heterocycles. The Balaban J connectivity index is 2.30. The summed E-state index contributed by atoms with van der Waals surface area (Å²) in [5.41, 5.74) is 1.88. The van der Waals surface area contributed by atoms with E-state index in [1.54, 1.807) is 0 Å². The molecule has 0 aromatic carbocycles. The molecule has 0 bridgehead atoms. The van der Waals surface area contributed by atoms with Gasteiger partial charge in [-0.1, -0.05) is 5.16 Å². The van der Waals surface area contributed by atoms with Gasteiger partial charge in [-0.25, -0.2) is 0 Å². The predicted molar refractivity (Wildman–Crippen MR) is 73.4 cm³/mol. The van der Waals surface area contributed by atoms with Crippen LogP contribution in [0.15, 0.2) is 4.52 Å². The third kappa shape index (κ3) is 5.42. The summed E-state index contributed by atoms with van der Waals surface area (Å²) in [7, 11) is 0. The van der Waals surface area contributed by atoms with Crippen LogP contribution in [0.1, 0.15) is 49.6 Å². The Morgan fingerprint density at radius 1 is 1.30 bits per heavy atom. The van der Waals surface area contributed by atoms with E-state index in [2.05, 4.69) is 10.5 Å². The van der Waals surface area contributed by atoms with Crippen LogP contribution in [-0.4, -0.2) is 28.2 Å². The highest BCUT2D eigenvalue weighted by Gasteiger charge is 2.14.